The first-order chi connectivity index (χ1) is 10.1. The zero-order valence-corrected chi connectivity index (χ0v) is 13.1. The van der Waals surface area contributed by atoms with Crippen molar-refractivity contribution in [1.82, 2.24) is 10.2 Å². The summed E-state index contributed by atoms with van der Waals surface area (Å²) in [5.74, 6) is 0.721. The van der Waals surface area contributed by atoms with E-state index in [2.05, 4.69) is 29.4 Å². The second-order valence-electron chi connectivity index (χ2n) is 5.57. The minimum Gasteiger partial charge on any atom is -0.492 e. The summed E-state index contributed by atoms with van der Waals surface area (Å²) in [6.45, 7) is 9.02. The van der Waals surface area contributed by atoms with Crippen LogP contribution in [0.2, 0.25) is 0 Å². The van der Waals surface area contributed by atoms with Gasteiger partial charge in [-0.2, -0.15) is 0 Å². The van der Waals surface area contributed by atoms with E-state index in [0.29, 0.717) is 25.2 Å². The fourth-order valence-electron chi connectivity index (χ4n) is 2.54. The van der Waals surface area contributed by atoms with Crippen molar-refractivity contribution in [2.45, 2.75) is 32.9 Å². The van der Waals surface area contributed by atoms with Crippen LogP contribution in [0.1, 0.15) is 20.8 Å². The summed E-state index contributed by atoms with van der Waals surface area (Å²) in [6, 6.07) is 8.33. The number of para-hydroxylation sites is 2. The lowest BCUT2D eigenvalue weighted by Crippen LogP contribution is -2.55. The van der Waals surface area contributed by atoms with Crippen LogP contribution in [-0.2, 0) is 4.79 Å². The first kappa shape index (κ1) is 15.8. The van der Waals surface area contributed by atoms with Gasteiger partial charge in [-0.15, -0.1) is 0 Å². The molecule has 1 aliphatic heterocycles. The highest BCUT2D eigenvalue weighted by Crippen LogP contribution is 2.23. The number of piperazine rings is 1. The highest BCUT2D eigenvalue weighted by Gasteiger charge is 2.24. The Balaban J connectivity index is 1.95. The molecule has 0 radical (unpaired) electrons. The predicted octanol–water partition coefficient (Wildman–Crippen LogP) is 1.71. The number of ether oxygens (including phenoxy) is 1. The lowest BCUT2D eigenvalue weighted by Gasteiger charge is -2.36. The van der Waals surface area contributed by atoms with Crippen molar-refractivity contribution in [1.29, 1.82) is 0 Å². The van der Waals surface area contributed by atoms with Gasteiger partial charge in [0.2, 0.25) is 5.91 Å². The Labute approximate surface area is 126 Å². The van der Waals surface area contributed by atoms with Gasteiger partial charge in [0, 0.05) is 25.2 Å². The second-order valence-corrected chi connectivity index (χ2v) is 5.57. The largest absolute Gasteiger partial charge is 0.492 e. The van der Waals surface area contributed by atoms with Crippen LogP contribution in [0.3, 0.4) is 0 Å². The predicted molar refractivity (Wildman–Crippen MR) is 84.7 cm³/mol. The summed E-state index contributed by atoms with van der Waals surface area (Å²) in [5, 5.41) is 6.37. The van der Waals surface area contributed by atoms with E-state index in [-0.39, 0.29) is 5.91 Å². The molecule has 1 aliphatic rings. The fourth-order valence-corrected chi connectivity index (χ4v) is 2.54. The maximum Gasteiger partial charge on any atom is 0.238 e. The molecule has 1 fully saturated rings. The number of carbonyl (C=O) groups excluding carboxylic acids is 1. The Morgan fingerprint density at radius 3 is 2.95 bits per heavy atom. The van der Waals surface area contributed by atoms with Crippen LogP contribution in [0.4, 0.5) is 5.69 Å². The Hall–Kier alpha value is -1.59. The third-order valence-electron chi connectivity index (χ3n) is 3.70. The van der Waals surface area contributed by atoms with Crippen LogP contribution in [-0.4, -0.2) is 49.1 Å². The molecule has 116 valence electrons. The minimum atomic E-state index is 0.00287. The molecule has 0 spiro atoms. The highest BCUT2D eigenvalue weighted by molar-refractivity contribution is 5.93. The average Bonchev–Trinajstić information content (AvgIpc) is 2.45. The highest BCUT2D eigenvalue weighted by atomic mass is 16.5. The summed E-state index contributed by atoms with van der Waals surface area (Å²) in [6.07, 6.45) is 0. The number of amides is 1. The molecule has 1 amide bonds. The molecule has 2 atom stereocenters. The van der Waals surface area contributed by atoms with E-state index in [0.717, 1.165) is 24.5 Å². The third kappa shape index (κ3) is 4.44. The number of nitrogens with one attached hydrogen (secondary N) is 2. The first-order valence-corrected chi connectivity index (χ1v) is 7.59. The maximum atomic E-state index is 12.3. The van der Waals surface area contributed by atoms with E-state index in [1.165, 1.54) is 0 Å². The molecule has 5 heteroatoms. The zero-order chi connectivity index (χ0) is 15.2. The summed E-state index contributed by atoms with van der Waals surface area (Å²) in [5.41, 5.74) is 0.736. The summed E-state index contributed by atoms with van der Waals surface area (Å²) < 4.78 is 5.53. The van der Waals surface area contributed by atoms with Crippen molar-refractivity contribution in [3.05, 3.63) is 24.3 Å². The third-order valence-corrected chi connectivity index (χ3v) is 3.70. The number of benzene rings is 1. The number of hydrogen-bond acceptors (Lipinski definition) is 4. The van der Waals surface area contributed by atoms with Gasteiger partial charge >= 0.3 is 0 Å². The van der Waals surface area contributed by atoms with Gasteiger partial charge in [0.25, 0.3) is 0 Å². The van der Waals surface area contributed by atoms with Gasteiger partial charge < -0.3 is 15.4 Å². The Morgan fingerprint density at radius 2 is 2.19 bits per heavy atom. The van der Waals surface area contributed by atoms with Crippen LogP contribution in [0, 0.1) is 0 Å². The van der Waals surface area contributed by atoms with Crippen molar-refractivity contribution in [2.24, 2.45) is 0 Å². The van der Waals surface area contributed by atoms with E-state index < -0.39 is 0 Å². The van der Waals surface area contributed by atoms with Gasteiger partial charge in [-0.1, -0.05) is 12.1 Å². The van der Waals surface area contributed by atoms with Crippen LogP contribution in [0.15, 0.2) is 24.3 Å². The number of hydrogen-bond donors (Lipinski definition) is 2. The number of carbonyl (C=O) groups is 1. The van der Waals surface area contributed by atoms with Crippen LogP contribution >= 0.6 is 0 Å². The fraction of sp³-hybridized carbons (Fsp3) is 0.562. The van der Waals surface area contributed by atoms with Crippen molar-refractivity contribution in [3.63, 3.8) is 0 Å². The Bertz CT molecular complexity index is 478. The van der Waals surface area contributed by atoms with Gasteiger partial charge in [-0.25, -0.2) is 0 Å². The van der Waals surface area contributed by atoms with Gasteiger partial charge in [-0.3, -0.25) is 9.69 Å². The molecule has 1 heterocycles. The van der Waals surface area contributed by atoms with Crippen molar-refractivity contribution in [3.8, 4) is 5.75 Å². The molecule has 1 saturated heterocycles. The molecule has 0 aliphatic carbocycles. The topological polar surface area (TPSA) is 53.6 Å². The number of rotatable bonds is 5. The molecule has 1 aromatic rings. The van der Waals surface area contributed by atoms with Crippen LogP contribution in [0.5, 0.6) is 5.75 Å². The molecular weight excluding hydrogens is 266 g/mol. The smallest absolute Gasteiger partial charge is 0.238 e. The van der Waals surface area contributed by atoms with Crippen LogP contribution in [0.25, 0.3) is 0 Å². The van der Waals surface area contributed by atoms with Gasteiger partial charge in [-0.05, 0) is 32.9 Å². The lowest BCUT2D eigenvalue weighted by molar-refractivity contribution is -0.118. The lowest BCUT2D eigenvalue weighted by atomic mass is 10.1. The molecule has 0 aromatic heterocycles. The molecule has 0 saturated carbocycles. The van der Waals surface area contributed by atoms with Crippen molar-refractivity contribution in [2.75, 3.05) is 31.6 Å². The van der Waals surface area contributed by atoms with Crippen molar-refractivity contribution >= 4 is 11.6 Å². The molecule has 5 nitrogen and oxygen atoms in total. The molecule has 1 aromatic carbocycles. The van der Waals surface area contributed by atoms with Crippen LogP contribution < -0.4 is 15.4 Å². The van der Waals surface area contributed by atoms with Gasteiger partial charge in [0.15, 0.2) is 0 Å². The maximum absolute atomic E-state index is 12.3. The van der Waals surface area contributed by atoms with Gasteiger partial charge in [0.1, 0.15) is 5.75 Å². The standard InChI is InChI=1S/C16H25N3O2/c1-4-21-15-8-6-5-7-14(15)18-16(20)11-19-10-12(2)17-9-13(19)3/h5-8,12-13,17H,4,9-11H2,1-3H3,(H,18,20). The number of nitrogens with zero attached hydrogens (tertiary/aromatic N) is 1. The summed E-state index contributed by atoms with van der Waals surface area (Å²) in [7, 11) is 0. The molecule has 2 N–H and O–H groups in total. The molecule has 21 heavy (non-hydrogen) atoms. The molecular formula is C16H25N3O2. The molecule has 0 bridgehead atoms. The molecule has 2 unspecified atom stereocenters. The SMILES string of the molecule is CCOc1ccccc1NC(=O)CN1CC(C)NCC1C. The van der Waals surface area contributed by atoms with E-state index in [1.54, 1.807) is 0 Å². The first-order valence-electron chi connectivity index (χ1n) is 7.59. The Kier molecular flexibility index (Phi) is 5.59. The minimum absolute atomic E-state index is 0.00287. The van der Waals surface area contributed by atoms with E-state index >= 15 is 0 Å². The molecule has 2 rings (SSSR count). The van der Waals surface area contributed by atoms with E-state index in [1.807, 2.05) is 31.2 Å². The summed E-state index contributed by atoms with van der Waals surface area (Å²) >= 11 is 0. The average molecular weight is 291 g/mol. The summed E-state index contributed by atoms with van der Waals surface area (Å²) in [4.78, 5) is 14.5. The zero-order valence-electron chi connectivity index (χ0n) is 13.1. The van der Waals surface area contributed by atoms with E-state index in [4.69, 9.17) is 4.74 Å². The number of anilines is 1. The van der Waals surface area contributed by atoms with Gasteiger partial charge in [0.05, 0.1) is 18.8 Å². The monoisotopic (exact) mass is 291 g/mol. The van der Waals surface area contributed by atoms with E-state index in [9.17, 15) is 4.79 Å². The normalized spacial score (nSPS) is 22.8. The Morgan fingerprint density at radius 1 is 1.43 bits per heavy atom. The quantitative estimate of drug-likeness (QED) is 0.867. The second kappa shape index (κ2) is 7.43. The van der Waals surface area contributed by atoms with Crippen molar-refractivity contribution < 1.29 is 9.53 Å².